The molecule has 3 N–H and O–H groups in total. The zero-order valence-corrected chi connectivity index (χ0v) is 9.37. The summed E-state index contributed by atoms with van der Waals surface area (Å²) in [6.07, 6.45) is -0.595. The number of rotatable bonds is 7. The molecule has 0 spiro atoms. The maximum atomic E-state index is 11.0. The highest BCUT2D eigenvalue weighted by Gasteiger charge is 2.18. The van der Waals surface area contributed by atoms with E-state index in [1.807, 2.05) is 0 Å². The zero-order chi connectivity index (χ0) is 11.8. The minimum Gasteiger partial charge on any atom is -0.478 e. The number of hydrogen-bond acceptors (Lipinski definition) is 5. The number of ketones is 1. The standard InChI is InChI=1S/C9H13NO5.ClH/c1-2-7(9(13)14)15-8(12)4-3-6(11)5-10;/h2,7H,1,3-5,10H2,(H,13,14);1H. The van der Waals surface area contributed by atoms with Gasteiger partial charge in [-0.15, -0.1) is 12.4 Å². The molecule has 1 atom stereocenters. The normalized spacial score (nSPS) is 10.8. The minimum absolute atomic E-state index is 0. The van der Waals surface area contributed by atoms with Crippen molar-refractivity contribution in [3.8, 4) is 0 Å². The highest BCUT2D eigenvalue weighted by molar-refractivity contribution is 5.85. The second kappa shape index (κ2) is 8.87. The summed E-state index contributed by atoms with van der Waals surface area (Å²) in [5, 5.41) is 8.51. The Labute approximate surface area is 98.9 Å². The van der Waals surface area contributed by atoms with E-state index in [2.05, 4.69) is 11.3 Å². The quantitative estimate of drug-likeness (QED) is 0.483. The molecule has 0 radical (unpaired) electrons. The molecule has 16 heavy (non-hydrogen) atoms. The summed E-state index contributed by atoms with van der Waals surface area (Å²) in [6.45, 7) is 3.06. The summed E-state index contributed by atoms with van der Waals surface area (Å²) in [5.74, 6) is -2.34. The minimum atomic E-state index is -1.37. The van der Waals surface area contributed by atoms with E-state index < -0.39 is 18.0 Å². The Morgan fingerprint density at radius 3 is 2.31 bits per heavy atom. The summed E-state index contributed by atoms with van der Waals surface area (Å²) in [5.41, 5.74) is 5.02. The van der Waals surface area contributed by atoms with Crippen LogP contribution in [0.5, 0.6) is 0 Å². The molecular formula is C9H14ClNO5. The molecular weight excluding hydrogens is 238 g/mol. The maximum absolute atomic E-state index is 11.0. The van der Waals surface area contributed by atoms with Crippen molar-refractivity contribution in [2.45, 2.75) is 18.9 Å². The van der Waals surface area contributed by atoms with Crippen LogP contribution in [0.2, 0.25) is 0 Å². The van der Waals surface area contributed by atoms with Crippen LogP contribution < -0.4 is 5.73 Å². The van der Waals surface area contributed by atoms with E-state index >= 15 is 0 Å². The van der Waals surface area contributed by atoms with Crippen LogP contribution in [-0.4, -0.2) is 35.5 Å². The van der Waals surface area contributed by atoms with Gasteiger partial charge in [-0.1, -0.05) is 6.58 Å². The molecule has 0 heterocycles. The van der Waals surface area contributed by atoms with Crippen LogP contribution in [0.4, 0.5) is 0 Å². The maximum Gasteiger partial charge on any atom is 0.349 e. The molecule has 0 fully saturated rings. The fourth-order valence-corrected chi connectivity index (χ4v) is 0.743. The van der Waals surface area contributed by atoms with Gasteiger partial charge in [0.2, 0.25) is 6.10 Å². The number of ether oxygens (including phenoxy) is 1. The van der Waals surface area contributed by atoms with Crippen LogP contribution in [0.25, 0.3) is 0 Å². The van der Waals surface area contributed by atoms with Crippen molar-refractivity contribution < 1.29 is 24.2 Å². The average molecular weight is 252 g/mol. The summed E-state index contributed by atoms with van der Waals surface area (Å²) in [7, 11) is 0. The van der Waals surface area contributed by atoms with Crippen molar-refractivity contribution in [2.24, 2.45) is 5.73 Å². The second-order valence-electron chi connectivity index (χ2n) is 2.73. The topological polar surface area (TPSA) is 107 Å². The first-order valence-electron chi connectivity index (χ1n) is 4.27. The van der Waals surface area contributed by atoms with Crippen LogP contribution in [0.1, 0.15) is 12.8 Å². The van der Waals surface area contributed by atoms with E-state index in [4.69, 9.17) is 10.8 Å². The van der Waals surface area contributed by atoms with Gasteiger partial charge in [0.25, 0.3) is 0 Å². The van der Waals surface area contributed by atoms with Crippen molar-refractivity contribution in [1.29, 1.82) is 0 Å². The number of nitrogens with two attached hydrogens (primary N) is 1. The molecule has 0 aromatic rings. The van der Waals surface area contributed by atoms with Gasteiger partial charge < -0.3 is 15.6 Å². The molecule has 0 aliphatic carbocycles. The Morgan fingerprint density at radius 1 is 1.38 bits per heavy atom. The first-order valence-corrected chi connectivity index (χ1v) is 4.27. The Balaban J connectivity index is 0. The zero-order valence-electron chi connectivity index (χ0n) is 8.55. The van der Waals surface area contributed by atoms with Gasteiger partial charge in [0.1, 0.15) is 5.78 Å². The Bertz CT molecular complexity index is 279. The number of carboxylic acids is 1. The summed E-state index contributed by atoms with van der Waals surface area (Å²) in [4.78, 5) is 32.2. The molecule has 0 aliphatic rings. The molecule has 0 saturated carbocycles. The van der Waals surface area contributed by atoms with Crippen molar-refractivity contribution >= 4 is 30.1 Å². The smallest absolute Gasteiger partial charge is 0.349 e. The third-order valence-electron chi connectivity index (χ3n) is 1.55. The number of aliphatic carboxylic acids is 1. The fraction of sp³-hybridized carbons (Fsp3) is 0.444. The number of halogens is 1. The molecule has 0 bridgehead atoms. The van der Waals surface area contributed by atoms with Crippen LogP contribution in [0, 0.1) is 0 Å². The molecule has 0 aliphatic heterocycles. The lowest BCUT2D eigenvalue weighted by atomic mass is 10.2. The average Bonchev–Trinajstić information content (AvgIpc) is 2.21. The largest absolute Gasteiger partial charge is 0.478 e. The third kappa shape index (κ3) is 6.97. The Hall–Kier alpha value is -1.40. The van der Waals surface area contributed by atoms with Crippen molar-refractivity contribution in [1.82, 2.24) is 0 Å². The molecule has 0 aromatic carbocycles. The Morgan fingerprint density at radius 2 is 1.94 bits per heavy atom. The van der Waals surface area contributed by atoms with Crippen LogP contribution in [0.3, 0.4) is 0 Å². The molecule has 1 unspecified atom stereocenters. The van der Waals surface area contributed by atoms with E-state index in [1.165, 1.54) is 0 Å². The first-order chi connectivity index (χ1) is 7.01. The lowest BCUT2D eigenvalue weighted by Crippen LogP contribution is -2.25. The van der Waals surface area contributed by atoms with Crippen molar-refractivity contribution in [2.75, 3.05) is 6.54 Å². The molecule has 92 valence electrons. The van der Waals surface area contributed by atoms with Crippen LogP contribution in [0.15, 0.2) is 12.7 Å². The molecule has 0 aromatic heterocycles. The van der Waals surface area contributed by atoms with Gasteiger partial charge in [-0.3, -0.25) is 9.59 Å². The Kier molecular flexibility index (Phi) is 9.43. The lowest BCUT2D eigenvalue weighted by Gasteiger charge is -2.08. The van der Waals surface area contributed by atoms with Gasteiger partial charge in [-0.25, -0.2) is 4.79 Å². The van der Waals surface area contributed by atoms with E-state index in [0.29, 0.717) is 0 Å². The number of Topliss-reactive ketones (excluding diaryl/α,β-unsaturated/α-hetero) is 1. The number of carbonyl (C=O) groups is 3. The highest BCUT2D eigenvalue weighted by Crippen LogP contribution is 2.00. The van der Waals surface area contributed by atoms with Crippen LogP contribution >= 0.6 is 12.4 Å². The number of hydrogen-bond donors (Lipinski definition) is 2. The predicted molar refractivity (Wildman–Crippen MR) is 58.3 cm³/mol. The third-order valence-corrected chi connectivity index (χ3v) is 1.55. The predicted octanol–water partition coefficient (Wildman–Crippen LogP) is -0.101. The summed E-state index contributed by atoms with van der Waals surface area (Å²) in [6, 6.07) is 0. The van der Waals surface area contributed by atoms with E-state index in [-0.39, 0.29) is 37.6 Å². The van der Waals surface area contributed by atoms with E-state index in [1.54, 1.807) is 0 Å². The monoisotopic (exact) mass is 251 g/mol. The SMILES string of the molecule is C=CC(OC(=O)CCC(=O)CN)C(=O)O.Cl. The van der Waals surface area contributed by atoms with Gasteiger partial charge in [-0.05, 0) is 6.08 Å². The molecule has 6 nitrogen and oxygen atoms in total. The number of carboxylic acid groups (broad SMARTS) is 1. The van der Waals surface area contributed by atoms with Gasteiger partial charge in [0.05, 0.1) is 13.0 Å². The molecule has 0 amide bonds. The van der Waals surface area contributed by atoms with Gasteiger partial charge in [-0.2, -0.15) is 0 Å². The fourth-order valence-electron chi connectivity index (χ4n) is 0.743. The van der Waals surface area contributed by atoms with Crippen molar-refractivity contribution in [3.63, 3.8) is 0 Å². The number of carbonyl (C=O) groups excluding carboxylic acids is 2. The van der Waals surface area contributed by atoms with Gasteiger partial charge in [0.15, 0.2) is 0 Å². The molecule has 0 saturated heterocycles. The number of esters is 1. The van der Waals surface area contributed by atoms with Gasteiger partial charge in [0, 0.05) is 6.42 Å². The molecule has 0 rings (SSSR count). The van der Waals surface area contributed by atoms with Crippen molar-refractivity contribution in [3.05, 3.63) is 12.7 Å². The second-order valence-corrected chi connectivity index (χ2v) is 2.73. The van der Waals surface area contributed by atoms with Crippen LogP contribution in [-0.2, 0) is 19.1 Å². The van der Waals surface area contributed by atoms with E-state index in [0.717, 1.165) is 6.08 Å². The highest BCUT2D eigenvalue weighted by atomic mass is 35.5. The van der Waals surface area contributed by atoms with E-state index in [9.17, 15) is 14.4 Å². The molecule has 7 heteroatoms. The lowest BCUT2D eigenvalue weighted by molar-refractivity contribution is -0.160. The summed E-state index contributed by atoms with van der Waals surface area (Å²) < 4.78 is 4.51. The summed E-state index contributed by atoms with van der Waals surface area (Å²) >= 11 is 0. The van der Waals surface area contributed by atoms with Gasteiger partial charge >= 0.3 is 11.9 Å². The first kappa shape index (κ1) is 17.0.